The minimum absolute atomic E-state index is 0.0438. The minimum atomic E-state index is -2.96. The van der Waals surface area contributed by atoms with Crippen molar-refractivity contribution in [3.63, 3.8) is 0 Å². The van der Waals surface area contributed by atoms with Gasteiger partial charge in [-0.3, -0.25) is 4.79 Å². The van der Waals surface area contributed by atoms with Crippen LogP contribution < -0.4 is 14.9 Å². The fourth-order valence-electron chi connectivity index (χ4n) is 1.96. The summed E-state index contributed by atoms with van der Waals surface area (Å²) in [5.74, 6) is -0.750. The van der Waals surface area contributed by atoms with E-state index in [0.29, 0.717) is 11.1 Å². The first-order chi connectivity index (χ1) is 12.0. The van der Waals surface area contributed by atoms with Crippen molar-refractivity contribution in [1.29, 1.82) is 0 Å². The highest BCUT2D eigenvalue weighted by Crippen LogP contribution is 2.28. The summed E-state index contributed by atoms with van der Waals surface area (Å²) >= 11 is 0. The van der Waals surface area contributed by atoms with Crippen LogP contribution in [0.1, 0.15) is 11.1 Å². The molecule has 0 aliphatic rings. The molecule has 0 radical (unpaired) electrons. The largest absolute Gasteiger partial charge is 0.493 e. The Bertz CT molecular complexity index is 749. The highest BCUT2D eigenvalue weighted by molar-refractivity contribution is 5.84. The van der Waals surface area contributed by atoms with Crippen LogP contribution in [-0.2, 0) is 11.2 Å². The van der Waals surface area contributed by atoms with Gasteiger partial charge in [-0.1, -0.05) is 12.1 Å². The predicted molar refractivity (Wildman–Crippen MR) is 85.5 cm³/mol. The Labute approximate surface area is 142 Å². The zero-order valence-corrected chi connectivity index (χ0v) is 13.2. The minimum Gasteiger partial charge on any atom is -0.493 e. The van der Waals surface area contributed by atoms with Crippen LogP contribution in [0.15, 0.2) is 47.6 Å². The lowest BCUT2D eigenvalue weighted by atomic mass is 10.1. The molecule has 2 aromatic carbocycles. The molecule has 2 aromatic rings. The van der Waals surface area contributed by atoms with Gasteiger partial charge in [0.25, 0.3) is 0 Å². The van der Waals surface area contributed by atoms with Gasteiger partial charge in [-0.2, -0.15) is 13.9 Å². The van der Waals surface area contributed by atoms with E-state index in [2.05, 4.69) is 15.3 Å². The highest BCUT2D eigenvalue weighted by Gasteiger charge is 2.10. The standard InChI is InChI=1S/C17H15F3N2O3/c1-24-15-8-12(4-7-14(15)25-17(19)20)10-21-22-16(23)9-11-2-5-13(18)6-3-11/h2-8,10,17H,9H2,1H3,(H,22,23)/b21-10-. The van der Waals surface area contributed by atoms with Crippen LogP contribution in [0, 0.1) is 5.82 Å². The van der Waals surface area contributed by atoms with E-state index < -0.39 is 6.61 Å². The fraction of sp³-hybridized carbons (Fsp3) is 0.176. The second-order valence-electron chi connectivity index (χ2n) is 4.89. The normalized spacial score (nSPS) is 10.9. The fourth-order valence-corrected chi connectivity index (χ4v) is 1.96. The molecule has 1 N–H and O–H groups in total. The van der Waals surface area contributed by atoms with E-state index in [1.165, 1.54) is 55.8 Å². The van der Waals surface area contributed by atoms with E-state index in [1.54, 1.807) is 0 Å². The quantitative estimate of drug-likeness (QED) is 0.615. The zero-order chi connectivity index (χ0) is 18.2. The van der Waals surface area contributed by atoms with Gasteiger partial charge in [0.05, 0.1) is 19.7 Å². The molecule has 0 saturated carbocycles. The molecular formula is C17H15F3N2O3. The summed E-state index contributed by atoms with van der Waals surface area (Å²) in [6, 6.07) is 9.77. The van der Waals surface area contributed by atoms with Crippen molar-refractivity contribution < 1.29 is 27.4 Å². The maximum absolute atomic E-state index is 12.8. The molecule has 0 aliphatic carbocycles. The van der Waals surface area contributed by atoms with Gasteiger partial charge in [-0.05, 0) is 41.5 Å². The number of alkyl halides is 2. The first kappa shape index (κ1) is 18.3. The molecule has 0 bridgehead atoms. The number of hydrogen-bond donors (Lipinski definition) is 1. The van der Waals surface area contributed by atoms with E-state index in [9.17, 15) is 18.0 Å². The van der Waals surface area contributed by atoms with Gasteiger partial charge >= 0.3 is 6.61 Å². The number of rotatable bonds is 7. The highest BCUT2D eigenvalue weighted by atomic mass is 19.3. The number of nitrogens with one attached hydrogen (secondary N) is 1. The molecule has 0 spiro atoms. The lowest BCUT2D eigenvalue weighted by Crippen LogP contribution is -2.19. The van der Waals surface area contributed by atoms with Crippen molar-refractivity contribution in [3.05, 3.63) is 59.4 Å². The van der Waals surface area contributed by atoms with Crippen molar-refractivity contribution in [2.45, 2.75) is 13.0 Å². The molecular weight excluding hydrogens is 337 g/mol. The second kappa shape index (κ2) is 8.72. The van der Waals surface area contributed by atoms with Crippen molar-refractivity contribution >= 4 is 12.1 Å². The molecule has 0 aliphatic heterocycles. The number of nitrogens with zero attached hydrogens (tertiary/aromatic N) is 1. The van der Waals surface area contributed by atoms with Gasteiger partial charge in [0.1, 0.15) is 5.82 Å². The smallest absolute Gasteiger partial charge is 0.387 e. The van der Waals surface area contributed by atoms with Crippen LogP contribution in [0.4, 0.5) is 13.2 Å². The van der Waals surface area contributed by atoms with Gasteiger partial charge in [0.15, 0.2) is 11.5 Å². The Kier molecular flexibility index (Phi) is 6.39. The summed E-state index contributed by atoms with van der Waals surface area (Å²) in [6.07, 6.45) is 1.37. The summed E-state index contributed by atoms with van der Waals surface area (Å²) in [5, 5.41) is 3.78. The predicted octanol–water partition coefficient (Wildman–Crippen LogP) is 3.13. The molecule has 8 heteroatoms. The molecule has 0 atom stereocenters. The number of hydrazone groups is 1. The number of methoxy groups -OCH3 is 1. The average molecular weight is 352 g/mol. The Morgan fingerprint density at radius 3 is 2.56 bits per heavy atom. The second-order valence-corrected chi connectivity index (χ2v) is 4.89. The molecule has 0 aromatic heterocycles. The number of benzene rings is 2. The third kappa shape index (κ3) is 5.83. The van der Waals surface area contributed by atoms with E-state index in [0.717, 1.165) is 0 Å². The monoisotopic (exact) mass is 352 g/mol. The molecule has 0 unspecified atom stereocenters. The Morgan fingerprint density at radius 1 is 1.20 bits per heavy atom. The van der Waals surface area contributed by atoms with Gasteiger partial charge in [-0.15, -0.1) is 0 Å². The van der Waals surface area contributed by atoms with Crippen molar-refractivity contribution in [2.24, 2.45) is 5.10 Å². The van der Waals surface area contributed by atoms with E-state index in [-0.39, 0.29) is 29.6 Å². The summed E-state index contributed by atoms with van der Waals surface area (Å²) < 4.78 is 46.6. The van der Waals surface area contributed by atoms with Crippen LogP contribution in [0.5, 0.6) is 11.5 Å². The number of carbonyl (C=O) groups excluding carboxylic acids is 1. The van der Waals surface area contributed by atoms with Crippen LogP contribution in [-0.4, -0.2) is 25.8 Å². The molecule has 132 valence electrons. The van der Waals surface area contributed by atoms with E-state index >= 15 is 0 Å². The third-order valence-electron chi connectivity index (χ3n) is 3.08. The lowest BCUT2D eigenvalue weighted by Gasteiger charge is -2.09. The van der Waals surface area contributed by atoms with Crippen molar-refractivity contribution in [3.8, 4) is 11.5 Å². The summed E-state index contributed by atoms with van der Waals surface area (Å²) in [7, 11) is 1.32. The van der Waals surface area contributed by atoms with Gasteiger partial charge in [-0.25, -0.2) is 9.82 Å². The molecule has 0 saturated heterocycles. The average Bonchev–Trinajstić information content (AvgIpc) is 2.57. The Hall–Kier alpha value is -3.03. The summed E-state index contributed by atoms with van der Waals surface area (Å²) in [4.78, 5) is 11.7. The number of ether oxygens (including phenoxy) is 2. The third-order valence-corrected chi connectivity index (χ3v) is 3.08. The van der Waals surface area contributed by atoms with E-state index in [1.807, 2.05) is 0 Å². The number of hydrogen-bond acceptors (Lipinski definition) is 4. The van der Waals surface area contributed by atoms with Crippen LogP contribution in [0.3, 0.4) is 0 Å². The molecule has 5 nitrogen and oxygen atoms in total. The van der Waals surface area contributed by atoms with Crippen molar-refractivity contribution in [2.75, 3.05) is 7.11 Å². The maximum Gasteiger partial charge on any atom is 0.387 e. The Balaban J connectivity index is 1.94. The van der Waals surface area contributed by atoms with Crippen LogP contribution in [0.25, 0.3) is 0 Å². The van der Waals surface area contributed by atoms with Gasteiger partial charge < -0.3 is 9.47 Å². The lowest BCUT2D eigenvalue weighted by molar-refractivity contribution is -0.120. The molecule has 25 heavy (non-hydrogen) atoms. The summed E-state index contributed by atoms with van der Waals surface area (Å²) in [6.45, 7) is -2.96. The molecule has 0 heterocycles. The maximum atomic E-state index is 12.8. The molecule has 0 fully saturated rings. The SMILES string of the molecule is COc1cc(/C=N\NC(=O)Cc2ccc(F)cc2)ccc1OC(F)F. The van der Waals surface area contributed by atoms with Crippen molar-refractivity contribution in [1.82, 2.24) is 5.43 Å². The zero-order valence-electron chi connectivity index (χ0n) is 13.2. The van der Waals surface area contributed by atoms with E-state index in [4.69, 9.17) is 4.74 Å². The first-order valence-electron chi connectivity index (χ1n) is 7.17. The first-order valence-corrected chi connectivity index (χ1v) is 7.17. The molecule has 1 amide bonds. The number of amides is 1. The molecule has 2 rings (SSSR count). The van der Waals surface area contributed by atoms with Crippen LogP contribution in [0.2, 0.25) is 0 Å². The van der Waals surface area contributed by atoms with Gasteiger partial charge in [0.2, 0.25) is 5.91 Å². The topological polar surface area (TPSA) is 59.9 Å². The Morgan fingerprint density at radius 2 is 1.92 bits per heavy atom. The summed E-state index contributed by atoms with van der Waals surface area (Å²) in [5.41, 5.74) is 3.48. The number of halogens is 3. The van der Waals surface area contributed by atoms with Gasteiger partial charge in [0, 0.05) is 0 Å². The van der Waals surface area contributed by atoms with Crippen LogP contribution >= 0.6 is 0 Å². The number of carbonyl (C=O) groups is 1.